The normalized spacial score (nSPS) is 25.9. The van der Waals surface area contributed by atoms with Crippen LogP contribution in [0.15, 0.2) is 24.3 Å². The number of hydrogen-bond acceptors (Lipinski definition) is 3. The zero-order chi connectivity index (χ0) is 14.7. The van der Waals surface area contributed by atoms with E-state index in [0.29, 0.717) is 0 Å². The summed E-state index contributed by atoms with van der Waals surface area (Å²) in [6.45, 7) is 2.80. The predicted octanol–water partition coefficient (Wildman–Crippen LogP) is 4.00. The Morgan fingerprint density at radius 1 is 1.29 bits per heavy atom. The molecule has 1 saturated carbocycles. The second-order valence-corrected chi connectivity index (χ2v) is 6.46. The fourth-order valence-corrected chi connectivity index (χ4v) is 3.65. The second-order valence-electron chi connectivity index (χ2n) is 6.46. The monoisotopic (exact) mass is 290 g/mol. The minimum Gasteiger partial charge on any atom is -0.490 e. The lowest BCUT2D eigenvalue weighted by Crippen LogP contribution is -2.41. The molecule has 2 aliphatic rings. The van der Waals surface area contributed by atoms with E-state index in [2.05, 4.69) is 0 Å². The van der Waals surface area contributed by atoms with Gasteiger partial charge in [-0.15, -0.1) is 0 Å². The zero-order valence-electron chi connectivity index (χ0n) is 12.9. The maximum atomic E-state index is 9.82. The van der Waals surface area contributed by atoms with E-state index in [4.69, 9.17) is 9.47 Å². The van der Waals surface area contributed by atoms with Crippen molar-refractivity contribution in [1.29, 1.82) is 0 Å². The van der Waals surface area contributed by atoms with Gasteiger partial charge in [-0.25, -0.2) is 0 Å². The molecule has 1 spiro atoms. The van der Waals surface area contributed by atoms with Crippen molar-refractivity contribution in [1.82, 2.24) is 0 Å². The summed E-state index contributed by atoms with van der Waals surface area (Å²) in [5.74, 6) is 0.905. The van der Waals surface area contributed by atoms with Crippen LogP contribution in [0, 0.1) is 0 Å². The number of benzene rings is 1. The van der Waals surface area contributed by atoms with Crippen LogP contribution in [-0.4, -0.2) is 23.4 Å². The van der Waals surface area contributed by atoms with Gasteiger partial charge >= 0.3 is 0 Å². The molecule has 1 N–H and O–H groups in total. The quantitative estimate of drug-likeness (QED) is 0.911. The summed E-state index contributed by atoms with van der Waals surface area (Å²) in [6, 6.07) is 7.89. The van der Waals surface area contributed by atoms with Crippen LogP contribution >= 0.6 is 0 Å². The van der Waals surface area contributed by atoms with E-state index in [1.54, 1.807) is 0 Å². The summed E-state index contributed by atoms with van der Waals surface area (Å²) in [4.78, 5) is 0. The maximum Gasteiger partial charge on any atom is 0.119 e. The Bertz CT molecular complexity index is 448. The van der Waals surface area contributed by atoms with Crippen molar-refractivity contribution >= 4 is 0 Å². The molecule has 21 heavy (non-hydrogen) atoms. The molecular weight excluding hydrogens is 264 g/mol. The van der Waals surface area contributed by atoms with E-state index in [0.717, 1.165) is 37.2 Å². The number of aliphatic hydroxyl groups excluding tert-OH is 1. The standard InChI is InChI=1S/C18H26O3/c1-2-17(19)14-5-7-15(8-6-14)21-16-9-12-20-18(13-16)10-3-4-11-18/h5-8,16-17,19H,2-4,9-13H2,1H3. The third-order valence-corrected chi connectivity index (χ3v) is 4.92. The molecule has 1 saturated heterocycles. The Labute approximate surface area is 127 Å². The maximum absolute atomic E-state index is 9.82. The highest BCUT2D eigenvalue weighted by molar-refractivity contribution is 5.28. The minimum absolute atomic E-state index is 0.0985. The van der Waals surface area contributed by atoms with E-state index in [1.807, 2.05) is 31.2 Å². The van der Waals surface area contributed by atoms with E-state index in [9.17, 15) is 5.11 Å². The number of ether oxygens (including phenoxy) is 2. The predicted molar refractivity (Wildman–Crippen MR) is 82.5 cm³/mol. The molecule has 3 heteroatoms. The highest BCUT2D eigenvalue weighted by Gasteiger charge is 2.40. The van der Waals surface area contributed by atoms with Crippen molar-refractivity contribution < 1.29 is 14.6 Å². The van der Waals surface area contributed by atoms with Gasteiger partial charge in [0.1, 0.15) is 11.9 Å². The second kappa shape index (κ2) is 6.37. The number of hydrogen-bond donors (Lipinski definition) is 1. The Hall–Kier alpha value is -1.06. The van der Waals surface area contributed by atoms with Crippen molar-refractivity contribution in [2.45, 2.75) is 69.7 Å². The van der Waals surface area contributed by atoms with Gasteiger partial charge in [-0.2, -0.15) is 0 Å². The van der Waals surface area contributed by atoms with Gasteiger partial charge in [-0.3, -0.25) is 0 Å². The molecule has 3 rings (SSSR count). The van der Waals surface area contributed by atoms with Crippen LogP contribution in [0.2, 0.25) is 0 Å². The van der Waals surface area contributed by atoms with Crippen LogP contribution in [0.5, 0.6) is 5.75 Å². The lowest BCUT2D eigenvalue weighted by molar-refractivity contribution is -0.108. The van der Waals surface area contributed by atoms with Crippen molar-refractivity contribution in [3.8, 4) is 5.75 Å². The van der Waals surface area contributed by atoms with Crippen molar-refractivity contribution in [3.05, 3.63) is 29.8 Å². The van der Waals surface area contributed by atoms with Crippen molar-refractivity contribution in [2.75, 3.05) is 6.61 Å². The minimum atomic E-state index is -0.371. The molecule has 2 fully saturated rings. The average Bonchev–Trinajstić information content (AvgIpc) is 2.95. The smallest absolute Gasteiger partial charge is 0.119 e. The summed E-state index contributed by atoms with van der Waals surface area (Å²) in [5, 5.41) is 9.82. The van der Waals surface area contributed by atoms with Gasteiger partial charge in [0.05, 0.1) is 18.3 Å². The Balaban J connectivity index is 1.60. The highest BCUT2D eigenvalue weighted by atomic mass is 16.5. The molecule has 116 valence electrons. The van der Waals surface area contributed by atoms with E-state index < -0.39 is 0 Å². The fourth-order valence-electron chi connectivity index (χ4n) is 3.65. The van der Waals surface area contributed by atoms with Gasteiger partial charge in [0.15, 0.2) is 0 Å². The number of rotatable bonds is 4. The van der Waals surface area contributed by atoms with Gasteiger partial charge in [0.2, 0.25) is 0 Å². The number of aliphatic hydroxyl groups is 1. The average molecular weight is 290 g/mol. The molecular formula is C18H26O3. The van der Waals surface area contributed by atoms with Crippen molar-refractivity contribution in [2.24, 2.45) is 0 Å². The summed E-state index contributed by atoms with van der Waals surface area (Å²) in [5.41, 5.74) is 1.06. The van der Waals surface area contributed by atoms with Gasteiger partial charge < -0.3 is 14.6 Å². The van der Waals surface area contributed by atoms with E-state index >= 15 is 0 Å². The van der Waals surface area contributed by atoms with Gasteiger partial charge in [-0.1, -0.05) is 31.9 Å². The molecule has 1 heterocycles. The van der Waals surface area contributed by atoms with Crippen molar-refractivity contribution in [3.63, 3.8) is 0 Å². The SMILES string of the molecule is CCC(O)c1ccc(OC2CCOC3(CCCC3)C2)cc1. The molecule has 0 bridgehead atoms. The lowest BCUT2D eigenvalue weighted by atomic mass is 9.90. The van der Waals surface area contributed by atoms with Crippen LogP contribution in [0.25, 0.3) is 0 Å². The topological polar surface area (TPSA) is 38.7 Å². The third kappa shape index (κ3) is 3.41. The molecule has 1 aliphatic heterocycles. The molecule has 2 unspecified atom stereocenters. The van der Waals surface area contributed by atoms with Gasteiger partial charge in [0.25, 0.3) is 0 Å². The fraction of sp³-hybridized carbons (Fsp3) is 0.667. The van der Waals surface area contributed by atoms with Gasteiger partial charge in [-0.05, 0) is 37.0 Å². The molecule has 1 aliphatic carbocycles. The zero-order valence-corrected chi connectivity index (χ0v) is 12.9. The van der Waals surface area contributed by atoms with Crippen LogP contribution in [0.4, 0.5) is 0 Å². The van der Waals surface area contributed by atoms with E-state index in [1.165, 1.54) is 25.7 Å². The van der Waals surface area contributed by atoms with Crippen LogP contribution in [-0.2, 0) is 4.74 Å². The van der Waals surface area contributed by atoms with Crippen LogP contribution in [0.1, 0.15) is 63.5 Å². The third-order valence-electron chi connectivity index (χ3n) is 4.92. The Morgan fingerprint density at radius 2 is 2.00 bits per heavy atom. The van der Waals surface area contributed by atoms with E-state index in [-0.39, 0.29) is 17.8 Å². The molecule has 3 nitrogen and oxygen atoms in total. The first-order valence-corrected chi connectivity index (χ1v) is 8.29. The first-order chi connectivity index (χ1) is 10.2. The Kier molecular flexibility index (Phi) is 4.51. The highest BCUT2D eigenvalue weighted by Crippen LogP contribution is 2.40. The van der Waals surface area contributed by atoms with Crippen LogP contribution < -0.4 is 4.74 Å². The largest absolute Gasteiger partial charge is 0.490 e. The summed E-state index contributed by atoms with van der Waals surface area (Å²) in [6.07, 6.45) is 7.58. The molecule has 0 amide bonds. The van der Waals surface area contributed by atoms with Gasteiger partial charge in [0, 0.05) is 12.8 Å². The molecule has 1 aromatic rings. The van der Waals surface area contributed by atoms with Crippen LogP contribution in [0.3, 0.4) is 0 Å². The summed E-state index contributed by atoms with van der Waals surface area (Å²) >= 11 is 0. The molecule has 1 aromatic carbocycles. The Morgan fingerprint density at radius 3 is 2.67 bits per heavy atom. The summed E-state index contributed by atoms with van der Waals surface area (Å²) in [7, 11) is 0. The molecule has 0 radical (unpaired) electrons. The molecule has 0 aromatic heterocycles. The first kappa shape index (κ1) is 14.9. The first-order valence-electron chi connectivity index (χ1n) is 8.29. The molecule has 2 atom stereocenters. The summed E-state index contributed by atoms with van der Waals surface area (Å²) < 4.78 is 12.2. The lowest BCUT2D eigenvalue weighted by Gasteiger charge is -2.38.